The Balaban J connectivity index is 1.77. The van der Waals surface area contributed by atoms with Crippen LogP contribution in [0.1, 0.15) is 57.8 Å². The molecule has 0 spiro atoms. The number of aromatic nitrogens is 2. The molecule has 0 radical (unpaired) electrons. The summed E-state index contributed by atoms with van der Waals surface area (Å²) in [6.45, 7) is 0.0431. The van der Waals surface area contributed by atoms with Crippen molar-refractivity contribution in [3.8, 4) is 0 Å². The molecule has 0 aliphatic heterocycles. The van der Waals surface area contributed by atoms with Crippen LogP contribution >= 0.6 is 11.5 Å². The number of nitrogens with zero attached hydrogens (tertiary/aromatic N) is 3. The highest BCUT2D eigenvalue weighted by atomic mass is 32.1. The summed E-state index contributed by atoms with van der Waals surface area (Å²) >= 11 is 0.800. The van der Waals surface area contributed by atoms with E-state index in [2.05, 4.69) is 14.7 Å². The van der Waals surface area contributed by atoms with E-state index in [4.69, 9.17) is 11.5 Å². The molecule has 0 saturated heterocycles. The molecule has 9 nitrogen and oxygen atoms in total. The minimum absolute atomic E-state index is 0.0589. The third-order valence-electron chi connectivity index (χ3n) is 4.84. The van der Waals surface area contributed by atoms with Crippen LogP contribution in [-0.2, 0) is 11.3 Å². The molecule has 1 saturated carbocycles. The summed E-state index contributed by atoms with van der Waals surface area (Å²) in [5, 5.41) is 3.01. The van der Waals surface area contributed by atoms with Gasteiger partial charge in [0, 0.05) is 25.0 Å². The van der Waals surface area contributed by atoms with Crippen LogP contribution in [0.4, 0.5) is 5.69 Å². The SMILES string of the molecule is NC(=O)c1nsc(C(=O)N(CC(=O)NC2CCCCC2)Cc2cccnc2)c1N. The van der Waals surface area contributed by atoms with Crippen molar-refractivity contribution >= 4 is 34.9 Å². The Bertz CT molecular complexity index is 879. The van der Waals surface area contributed by atoms with Gasteiger partial charge in [0.15, 0.2) is 5.69 Å². The number of primary amides is 1. The highest BCUT2D eigenvalue weighted by Gasteiger charge is 2.27. The van der Waals surface area contributed by atoms with Crippen LogP contribution in [0, 0.1) is 0 Å². The van der Waals surface area contributed by atoms with Crippen LogP contribution in [-0.4, -0.2) is 44.6 Å². The van der Waals surface area contributed by atoms with Crippen molar-refractivity contribution in [2.24, 2.45) is 5.73 Å². The lowest BCUT2D eigenvalue weighted by atomic mass is 9.95. The average Bonchev–Trinajstić information content (AvgIpc) is 3.10. The van der Waals surface area contributed by atoms with Crippen LogP contribution < -0.4 is 16.8 Å². The van der Waals surface area contributed by atoms with Gasteiger partial charge in [-0.25, -0.2) is 0 Å². The lowest BCUT2D eigenvalue weighted by molar-refractivity contribution is -0.122. The molecule has 0 bridgehead atoms. The molecule has 1 fully saturated rings. The van der Waals surface area contributed by atoms with Crippen molar-refractivity contribution < 1.29 is 14.4 Å². The molecule has 0 aromatic carbocycles. The molecule has 5 N–H and O–H groups in total. The minimum atomic E-state index is -0.799. The van der Waals surface area contributed by atoms with Crippen molar-refractivity contribution in [2.75, 3.05) is 12.3 Å². The molecule has 10 heteroatoms. The predicted molar refractivity (Wildman–Crippen MR) is 109 cm³/mol. The Kier molecular flexibility index (Phi) is 6.76. The summed E-state index contributed by atoms with van der Waals surface area (Å²) in [6, 6.07) is 3.71. The number of carbonyl (C=O) groups excluding carboxylic acids is 3. The summed E-state index contributed by atoms with van der Waals surface area (Å²) in [5.74, 6) is -1.51. The molecule has 3 amide bonds. The van der Waals surface area contributed by atoms with Crippen molar-refractivity contribution in [3.63, 3.8) is 0 Å². The molecule has 2 heterocycles. The maximum absolute atomic E-state index is 13.1. The third kappa shape index (κ3) is 5.29. The van der Waals surface area contributed by atoms with E-state index in [1.165, 1.54) is 11.3 Å². The van der Waals surface area contributed by atoms with E-state index < -0.39 is 11.8 Å². The highest BCUT2D eigenvalue weighted by molar-refractivity contribution is 7.09. The van der Waals surface area contributed by atoms with Gasteiger partial charge in [-0.05, 0) is 36.0 Å². The van der Waals surface area contributed by atoms with Crippen LogP contribution in [0.5, 0.6) is 0 Å². The quantitative estimate of drug-likeness (QED) is 0.621. The topological polar surface area (TPSA) is 144 Å². The van der Waals surface area contributed by atoms with Gasteiger partial charge in [-0.15, -0.1) is 0 Å². The number of rotatable bonds is 7. The van der Waals surface area contributed by atoms with Crippen molar-refractivity contribution in [2.45, 2.75) is 44.7 Å². The Labute approximate surface area is 172 Å². The van der Waals surface area contributed by atoms with E-state index in [9.17, 15) is 14.4 Å². The van der Waals surface area contributed by atoms with Gasteiger partial charge in [0.2, 0.25) is 5.91 Å². The van der Waals surface area contributed by atoms with Gasteiger partial charge in [-0.1, -0.05) is 25.3 Å². The Morgan fingerprint density at radius 2 is 2.00 bits per heavy atom. The van der Waals surface area contributed by atoms with Gasteiger partial charge in [0.25, 0.3) is 11.8 Å². The fraction of sp³-hybridized carbons (Fsp3) is 0.421. The fourth-order valence-electron chi connectivity index (χ4n) is 3.38. The van der Waals surface area contributed by atoms with Crippen molar-refractivity contribution in [3.05, 3.63) is 40.7 Å². The number of carbonyl (C=O) groups is 3. The number of nitrogen functional groups attached to an aromatic ring is 1. The summed E-state index contributed by atoms with van der Waals surface area (Å²) in [6.07, 6.45) is 8.53. The van der Waals surface area contributed by atoms with Crippen LogP contribution in [0.15, 0.2) is 24.5 Å². The monoisotopic (exact) mass is 416 g/mol. The zero-order valence-corrected chi connectivity index (χ0v) is 16.8. The summed E-state index contributed by atoms with van der Waals surface area (Å²) in [7, 11) is 0. The molecular formula is C19H24N6O3S. The van der Waals surface area contributed by atoms with Crippen LogP contribution in [0.3, 0.4) is 0 Å². The van der Waals surface area contributed by atoms with E-state index >= 15 is 0 Å². The number of nitrogens with two attached hydrogens (primary N) is 2. The van der Waals surface area contributed by atoms with E-state index in [0.29, 0.717) is 0 Å². The van der Waals surface area contributed by atoms with E-state index in [1.807, 2.05) is 6.07 Å². The molecule has 0 atom stereocenters. The van der Waals surface area contributed by atoms with E-state index in [1.54, 1.807) is 18.5 Å². The zero-order chi connectivity index (χ0) is 20.8. The van der Waals surface area contributed by atoms with Crippen LogP contribution in [0.25, 0.3) is 0 Å². The molecular weight excluding hydrogens is 392 g/mol. The molecule has 29 heavy (non-hydrogen) atoms. The first-order chi connectivity index (χ1) is 14.0. The Morgan fingerprint density at radius 3 is 2.62 bits per heavy atom. The number of hydrogen-bond acceptors (Lipinski definition) is 7. The largest absolute Gasteiger partial charge is 0.395 e. The third-order valence-corrected chi connectivity index (χ3v) is 5.69. The number of nitrogens with one attached hydrogen (secondary N) is 1. The molecule has 2 aromatic heterocycles. The fourth-order valence-corrected chi connectivity index (χ4v) is 4.15. The van der Waals surface area contributed by atoms with E-state index in [-0.39, 0.29) is 41.3 Å². The summed E-state index contributed by atoms with van der Waals surface area (Å²) < 4.78 is 3.88. The number of hydrogen-bond donors (Lipinski definition) is 3. The first-order valence-electron chi connectivity index (χ1n) is 9.48. The van der Waals surface area contributed by atoms with Gasteiger partial charge in [-0.3, -0.25) is 19.4 Å². The second-order valence-electron chi connectivity index (χ2n) is 7.06. The number of pyridine rings is 1. The molecule has 1 aliphatic rings. The number of anilines is 1. The highest BCUT2D eigenvalue weighted by Crippen LogP contribution is 2.24. The van der Waals surface area contributed by atoms with Gasteiger partial charge in [0.1, 0.15) is 11.4 Å². The van der Waals surface area contributed by atoms with Gasteiger partial charge in [0.05, 0.1) is 5.69 Å². The van der Waals surface area contributed by atoms with Gasteiger partial charge < -0.3 is 21.7 Å². The Morgan fingerprint density at radius 1 is 1.24 bits per heavy atom. The van der Waals surface area contributed by atoms with Gasteiger partial charge in [-0.2, -0.15) is 4.37 Å². The second-order valence-corrected chi connectivity index (χ2v) is 7.84. The average molecular weight is 417 g/mol. The second kappa shape index (κ2) is 9.46. The smallest absolute Gasteiger partial charge is 0.270 e. The normalized spacial score (nSPS) is 14.3. The number of amides is 3. The first kappa shape index (κ1) is 20.7. The molecule has 154 valence electrons. The summed E-state index contributed by atoms with van der Waals surface area (Å²) in [4.78, 5) is 42.6. The van der Waals surface area contributed by atoms with Crippen molar-refractivity contribution in [1.82, 2.24) is 19.6 Å². The maximum Gasteiger partial charge on any atom is 0.270 e. The molecule has 3 rings (SSSR count). The lowest BCUT2D eigenvalue weighted by Crippen LogP contribution is -2.44. The zero-order valence-electron chi connectivity index (χ0n) is 16.0. The standard InChI is InChI=1S/C19H24N6O3S/c20-15-16(18(21)27)24-29-17(15)19(28)25(10-12-5-4-8-22-9-12)11-14(26)23-13-6-2-1-3-7-13/h4-5,8-9,13H,1-3,6-7,10-11,20H2,(H2,21,27)(H,23,26). The first-order valence-corrected chi connectivity index (χ1v) is 10.3. The Hall–Kier alpha value is -3.01. The van der Waals surface area contributed by atoms with E-state index in [0.717, 1.165) is 42.8 Å². The molecule has 0 unspecified atom stereocenters. The molecule has 1 aliphatic carbocycles. The molecule has 2 aromatic rings. The summed E-state index contributed by atoms with van der Waals surface area (Å²) in [5.41, 5.74) is 11.7. The predicted octanol–water partition coefficient (Wildman–Crippen LogP) is 1.31. The maximum atomic E-state index is 13.1. The van der Waals surface area contributed by atoms with Gasteiger partial charge >= 0.3 is 0 Å². The van der Waals surface area contributed by atoms with Crippen LogP contribution in [0.2, 0.25) is 0 Å². The van der Waals surface area contributed by atoms with Crippen molar-refractivity contribution in [1.29, 1.82) is 0 Å². The lowest BCUT2D eigenvalue weighted by Gasteiger charge is -2.26. The minimum Gasteiger partial charge on any atom is -0.395 e.